The summed E-state index contributed by atoms with van der Waals surface area (Å²) in [6.07, 6.45) is 2.37. The van der Waals surface area contributed by atoms with Gasteiger partial charge in [-0.15, -0.1) is 0 Å². The quantitative estimate of drug-likeness (QED) is 0.785. The molecule has 4 nitrogen and oxygen atoms in total. The van der Waals surface area contributed by atoms with Crippen molar-refractivity contribution in [2.75, 3.05) is 22.7 Å². The van der Waals surface area contributed by atoms with E-state index in [9.17, 15) is 8.42 Å². The molecule has 0 saturated carbocycles. The van der Waals surface area contributed by atoms with Gasteiger partial charge in [-0.1, -0.05) is 30.1 Å². The van der Waals surface area contributed by atoms with E-state index in [4.69, 9.17) is 23.2 Å². The van der Waals surface area contributed by atoms with Gasteiger partial charge in [-0.05, 0) is 61.2 Å². The third-order valence-electron chi connectivity index (χ3n) is 4.47. The molecule has 7 heteroatoms. The minimum atomic E-state index is -3.70. The first-order valence-electron chi connectivity index (χ1n) is 8.18. The second-order valence-corrected chi connectivity index (χ2v) is 8.89. The minimum Gasteiger partial charge on any atom is -0.372 e. The number of sulfonamides is 1. The SMILES string of the molecule is CC1CCN(c2ccc(NS(=O)(=O)c3ccc(Cl)c(Cl)c3)cc2)CC1. The second-order valence-electron chi connectivity index (χ2n) is 6.40. The van der Waals surface area contributed by atoms with Gasteiger partial charge in [0.25, 0.3) is 10.0 Å². The first kappa shape index (κ1) is 18.4. The Morgan fingerprint density at radius 3 is 2.24 bits per heavy atom. The van der Waals surface area contributed by atoms with Crippen molar-refractivity contribution in [3.8, 4) is 0 Å². The molecule has 0 atom stereocenters. The van der Waals surface area contributed by atoms with Gasteiger partial charge in [0.1, 0.15) is 0 Å². The lowest BCUT2D eigenvalue weighted by atomic mass is 9.99. The van der Waals surface area contributed by atoms with Gasteiger partial charge in [-0.2, -0.15) is 0 Å². The van der Waals surface area contributed by atoms with E-state index in [1.165, 1.54) is 31.0 Å². The molecule has 0 amide bonds. The van der Waals surface area contributed by atoms with Crippen LogP contribution in [0.2, 0.25) is 10.0 Å². The zero-order chi connectivity index (χ0) is 18.0. The average molecular weight is 399 g/mol. The highest BCUT2D eigenvalue weighted by atomic mass is 35.5. The lowest BCUT2D eigenvalue weighted by Gasteiger charge is -2.32. The third kappa shape index (κ3) is 4.40. The molecular formula is C18H20Cl2N2O2S. The summed E-state index contributed by atoms with van der Waals surface area (Å²) in [5, 5.41) is 0.528. The second kappa shape index (κ2) is 7.44. The maximum atomic E-state index is 12.5. The van der Waals surface area contributed by atoms with Crippen molar-refractivity contribution in [3.05, 3.63) is 52.5 Å². The zero-order valence-corrected chi connectivity index (χ0v) is 16.2. The normalized spacial score (nSPS) is 16.0. The molecule has 1 fully saturated rings. The first-order valence-corrected chi connectivity index (χ1v) is 10.4. The van der Waals surface area contributed by atoms with E-state index in [0.29, 0.717) is 10.7 Å². The van der Waals surface area contributed by atoms with Crippen LogP contribution in [0.15, 0.2) is 47.4 Å². The number of nitrogens with one attached hydrogen (secondary N) is 1. The fourth-order valence-electron chi connectivity index (χ4n) is 2.87. The summed E-state index contributed by atoms with van der Waals surface area (Å²) in [6, 6.07) is 11.7. The Balaban J connectivity index is 1.73. The molecule has 2 aromatic carbocycles. The summed E-state index contributed by atoms with van der Waals surface area (Å²) < 4.78 is 27.5. The number of nitrogens with zero attached hydrogens (tertiary/aromatic N) is 1. The minimum absolute atomic E-state index is 0.0796. The van der Waals surface area contributed by atoms with Crippen LogP contribution in [0.25, 0.3) is 0 Å². The molecule has 1 heterocycles. The van der Waals surface area contributed by atoms with Gasteiger partial charge >= 0.3 is 0 Å². The molecule has 0 spiro atoms. The van der Waals surface area contributed by atoms with E-state index < -0.39 is 10.0 Å². The highest BCUT2D eigenvalue weighted by Gasteiger charge is 2.18. The summed E-state index contributed by atoms with van der Waals surface area (Å²) in [5.74, 6) is 0.772. The van der Waals surface area contributed by atoms with Gasteiger partial charge < -0.3 is 4.90 Å². The van der Waals surface area contributed by atoms with E-state index in [1.807, 2.05) is 12.1 Å². The molecule has 0 aromatic heterocycles. The van der Waals surface area contributed by atoms with E-state index >= 15 is 0 Å². The van der Waals surface area contributed by atoms with E-state index in [0.717, 1.165) is 24.7 Å². The molecule has 0 bridgehead atoms. The summed E-state index contributed by atoms with van der Waals surface area (Å²) in [7, 11) is -3.70. The Hall–Kier alpha value is -1.43. The van der Waals surface area contributed by atoms with Gasteiger partial charge in [0, 0.05) is 24.5 Å². The van der Waals surface area contributed by atoms with Crippen LogP contribution >= 0.6 is 23.2 Å². The Morgan fingerprint density at radius 1 is 1.00 bits per heavy atom. The van der Waals surface area contributed by atoms with Crippen LogP contribution in [0.5, 0.6) is 0 Å². The van der Waals surface area contributed by atoms with Gasteiger partial charge in [0.15, 0.2) is 0 Å². The van der Waals surface area contributed by atoms with E-state index in [1.54, 1.807) is 12.1 Å². The van der Waals surface area contributed by atoms with Crippen molar-refractivity contribution in [1.82, 2.24) is 0 Å². The maximum Gasteiger partial charge on any atom is 0.261 e. The topological polar surface area (TPSA) is 49.4 Å². The highest BCUT2D eigenvalue weighted by Crippen LogP contribution is 2.27. The lowest BCUT2D eigenvalue weighted by Crippen LogP contribution is -2.32. The van der Waals surface area contributed by atoms with Crippen LogP contribution in [-0.2, 0) is 10.0 Å². The van der Waals surface area contributed by atoms with Crippen molar-refractivity contribution in [2.45, 2.75) is 24.7 Å². The summed E-state index contributed by atoms with van der Waals surface area (Å²) in [4.78, 5) is 2.41. The molecule has 0 radical (unpaired) electrons. The maximum absolute atomic E-state index is 12.5. The van der Waals surface area contributed by atoms with E-state index in [-0.39, 0.29) is 9.92 Å². The zero-order valence-electron chi connectivity index (χ0n) is 13.9. The predicted molar refractivity (Wildman–Crippen MR) is 104 cm³/mol. The molecule has 0 unspecified atom stereocenters. The smallest absolute Gasteiger partial charge is 0.261 e. The van der Waals surface area contributed by atoms with Crippen molar-refractivity contribution in [1.29, 1.82) is 0 Å². The largest absolute Gasteiger partial charge is 0.372 e. The number of piperidine rings is 1. The molecule has 25 heavy (non-hydrogen) atoms. The van der Waals surface area contributed by atoms with Crippen molar-refractivity contribution in [2.24, 2.45) is 5.92 Å². The number of hydrogen-bond acceptors (Lipinski definition) is 3. The number of rotatable bonds is 4. The third-order valence-corrected chi connectivity index (χ3v) is 6.59. The molecule has 1 aliphatic rings. The van der Waals surface area contributed by atoms with Crippen molar-refractivity contribution >= 4 is 44.6 Å². The highest BCUT2D eigenvalue weighted by molar-refractivity contribution is 7.92. The standard InChI is InChI=1S/C18H20Cl2N2O2S/c1-13-8-10-22(11-9-13)15-4-2-14(3-5-15)21-25(23,24)16-6-7-17(19)18(20)12-16/h2-7,12-13,21H,8-11H2,1H3. The van der Waals surface area contributed by atoms with Gasteiger partial charge in [0.05, 0.1) is 14.9 Å². The number of benzene rings is 2. The monoisotopic (exact) mass is 398 g/mol. The van der Waals surface area contributed by atoms with Crippen LogP contribution in [0, 0.1) is 5.92 Å². The summed E-state index contributed by atoms with van der Waals surface area (Å²) in [5.41, 5.74) is 1.63. The molecular weight excluding hydrogens is 379 g/mol. The Bertz CT molecular complexity index is 846. The summed E-state index contributed by atoms with van der Waals surface area (Å²) in [6.45, 7) is 4.35. The van der Waals surface area contributed by atoms with Gasteiger partial charge in [-0.3, -0.25) is 4.72 Å². The number of hydrogen-bond donors (Lipinski definition) is 1. The van der Waals surface area contributed by atoms with Crippen molar-refractivity contribution < 1.29 is 8.42 Å². The Kier molecular flexibility index (Phi) is 5.46. The Labute approximate surface area is 158 Å². The fraction of sp³-hybridized carbons (Fsp3) is 0.333. The predicted octanol–water partition coefficient (Wildman–Crippen LogP) is 5.03. The molecule has 1 saturated heterocycles. The van der Waals surface area contributed by atoms with Crippen LogP contribution in [0.1, 0.15) is 19.8 Å². The number of halogens is 2. The number of anilines is 2. The van der Waals surface area contributed by atoms with Crippen LogP contribution < -0.4 is 9.62 Å². The molecule has 1 N–H and O–H groups in total. The Morgan fingerprint density at radius 2 is 1.64 bits per heavy atom. The van der Waals surface area contributed by atoms with Crippen LogP contribution in [0.3, 0.4) is 0 Å². The molecule has 134 valence electrons. The summed E-state index contributed by atoms with van der Waals surface area (Å²) >= 11 is 11.7. The fourth-order valence-corrected chi connectivity index (χ4v) is 4.31. The average Bonchev–Trinajstić information content (AvgIpc) is 2.58. The molecule has 0 aliphatic carbocycles. The van der Waals surface area contributed by atoms with E-state index in [2.05, 4.69) is 16.5 Å². The molecule has 3 rings (SSSR count). The van der Waals surface area contributed by atoms with Gasteiger partial charge in [-0.25, -0.2) is 8.42 Å². The first-order chi connectivity index (χ1) is 11.8. The van der Waals surface area contributed by atoms with Crippen LogP contribution in [-0.4, -0.2) is 21.5 Å². The molecule has 1 aliphatic heterocycles. The van der Waals surface area contributed by atoms with Crippen LogP contribution in [0.4, 0.5) is 11.4 Å². The lowest BCUT2D eigenvalue weighted by molar-refractivity contribution is 0.438. The molecule has 2 aromatic rings. The van der Waals surface area contributed by atoms with Gasteiger partial charge in [0.2, 0.25) is 0 Å². The van der Waals surface area contributed by atoms with Crippen molar-refractivity contribution in [3.63, 3.8) is 0 Å².